The van der Waals surface area contributed by atoms with Crippen molar-refractivity contribution in [1.29, 1.82) is 0 Å². The Labute approximate surface area is 172 Å². The minimum atomic E-state index is 0.206. The van der Waals surface area contributed by atoms with Gasteiger partial charge in [-0.2, -0.15) is 0 Å². The van der Waals surface area contributed by atoms with Crippen molar-refractivity contribution in [3.8, 4) is 5.75 Å². The number of rotatable bonds is 6. The van der Waals surface area contributed by atoms with Crippen molar-refractivity contribution in [3.63, 3.8) is 0 Å². The first-order valence-corrected chi connectivity index (χ1v) is 10.2. The Morgan fingerprint density at radius 1 is 1.10 bits per heavy atom. The maximum absolute atomic E-state index is 11.9. The summed E-state index contributed by atoms with van der Waals surface area (Å²) in [6, 6.07) is 12.0. The number of phenolic OH excluding ortho intramolecular Hbond substituents is 1. The molecule has 3 N–H and O–H groups in total. The zero-order valence-corrected chi connectivity index (χ0v) is 17.5. The van der Waals surface area contributed by atoms with Gasteiger partial charge in [0.2, 0.25) is 5.91 Å². The second kappa shape index (κ2) is 9.45. The summed E-state index contributed by atoms with van der Waals surface area (Å²) in [6.45, 7) is 8.60. The van der Waals surface area contributed by atoms with Crippen LogP contribution in [-0.4, -0.2) is 30.1 Å². The molecule has 1 heterocycles. The zero-order chi connectivity index (χ0) is 20.8. The summed E-state index contributed by atoms with van der Waals surface area (Å²) in [7, 11) is 0. The Hall–Kier alpha value is -3.02. The minimum absolute atomic E-state index is 0.206. The van der Waals surface area contributed by atoms with Gasteiger partial charge in [0.1, 0.15) is 5.75 Å². The molecule has 1 aliphatic rings. The highest BCUT2D eigenvalue weighted by Gasteiger charge is 2.21. The van der Waals surface area contributed by atoms with Crippen molar-refractivity contribution in [2.24, 2.45) is 4.99 Å². The predicted molar refractivity (Wildman–Crippen MR) is 117 cm³/mol. The first-order valence-electron chi connectivity index (χ1n) is 10.2. The van der Waals surface area contributed by atoms with Crippen LogP contribution < -0.4 is 15.5 Å². The van der Waals surface area contributed by atoms with Crippen LogP contribution in [0, 0.1) is 13.8 Å². The Bertz CT molecular complexity index is 867. The van der Waals surface area contributed by atoms with E-state index in [1.165, 1.54) is 0 Å². The lowest BCUT2D eigenvalue weighted by atomic mass is 10.1. The van der Waals surface area contributed by atoms with E-state index >= 15 is 0 Å². The number of amides is 1. The molecule has 1 aliphatic heterocycles. The molecule has 0 saturated carbocycles. The predicted octanol–water partition coefficient (Wildman–Crippen LogP) is 3.39. The van der Waals surface area contributed by atoms with Gasteiger partial charge >= 0.3 is 0 Å². The van der Waals surface area contributed by atoms with Gasteiger partial charge in [0.25, 0.3) is 0 Å². The van der Waals surface area contributed by atoms with Crippen LogP contribution in [0.2, 0.25) is 0 Å². The van der Waals surface area contributed by atoms with Crippen molar-refractivity contribution < 1.29 is 9.90 Å². The van der Waals surface area contributed by atoms with Gasteiger partial charge in [0, 0.05) is 31.7 Å². The molecular formula is C23H30N4O2. The topological polar surface area (TPSA) is 77.0 Å². The van der Waals surface area contributed by atoms with Gasteiger partial charge in [-0.05, 0) is 61.6 Å². The van der Waals surface area contributed by atoms with Crippen LogP contribution in [0.5, 0.6) is 5.75 Å². The van der Waals surface area contributed by atoms with Crippen molar-refractivity contribution in [1.82, 2.24) is 10.6 Å². The van der Waals surface area contributed by atoms with Gasteiger partial charge in [-0.25, -0.2) is 4.99 Å². The molecule has 154 valence electrons. The molecule has 2 aromatic carbocycles. The van der Waals surface area contributed by atoms with E-state index in [2.05, 4.69) is 15.6 Å². The third-order valence-electron chi connectivity index (χ3n) is 5.10. The first kappa shape index (κ1) is 20.7. The number of nitrogens with zero attached hydrogens (tertiary/aromatic N) is 2. The lowest BCUT2D eigenvalue weighted by Gasteiger charge is -2.16. The molecule has 6 nitrogen and oxygen atoms in total. The average molecular weight is 395 g/mol. The molecule has 3 rings (SSSR count). The van der Waals surface area contributed by atoms with Crippen LogP contribution in [-0.2, 0) is 17.9 Å². The fourth-order valence-corrected chi connectivity index (χ4v) is 3.55. The summed E-state index contributed by atoms with van der Waals surface area (Å²) in [5.74, 6) is 1.30. The van der Waals surface area contributed by atoms with Crippen LogP contribution in [0.3, 0.4) is 0 Å². The number of nitrogens with one attached hydrogen (secondary N) is 2. The Kier molecular flexibility index (Phi) is 6.75. The second-order valence-electron chi connectivity index (χ2n) is 7.44. The van der Waals surface area contributed by atoms with Gasteiger partial charge in [-0.15, -0.1) is 0 Å². The van der Waals surface area contributed by atoms with Gasteiger partial charge in [0.05, 0.1) is 6.54 Å². The number of carbonyl (C=O) groups is 1. The van der Waals surface area contributed by atoms with Gasteiger partial charge in [-0.3, -0.25) is 4.79 Å². The van der Waals surface area contributed by atoms with Crippen molar-refractivity contribution in [2.75, 3.05) is 18.0 Å². The third-order valence-corrected chi connectivity index (χ3v) is 5.10. The van der Waals surface area contributed by atoms with Crippen LogP contribution in [0.4, 0.5) is 5.69 Å². The van der Waals surface area contributed by atoms with E-state index in [0.29, 0.717) is 25.3 Å². The number of aromatic hydroxyl groups is 1. The molecule has 0 spiro atoms. The van der Waals surface area contributed by atoms with Crippen LogP contribution in [0.1, 0.15) is 42.0 Å². The molecule has 1 fully saturated rings. The average Bonchev–Trinajstić information content (AvgIpc) is 3.14. The highest BCUT2D eigenvalue weighted by molar-refractivity contribution is 5.95. The smallest absolute Gasteiger partial charge is 0.227 e. The van der Waals surface area contributed by atoms with Crippen LogP contribution >= 0.6 is 0 Å². The van der Waals surface area contributed by atoms with E-state index in [1.54, 1.807) is 0 Å². The maximum atomic E-state index is 11.9. The number of phenols is 1. The number of hydrogen-bond donors (Lipinski definition) is 3. The Balaban J connectivity index is 1.61. The standard InChI is InChI=1S/C23H30N4O2/c1-4-24-23(26-15-19-12-16(2)22(29)17(3)13-19)25-14-18-7-9-20(10-8-18)27-11-5-6-21(27)28/h7-10,12-13,29H,4-6,11,14-15H2,1-3H3,(H2,24,25,26). The lowest BCUT2D eigenvalue weighted by molar-refractivity contribution is -0.117. The molecule has 0 aliphatic carbocycles. The monoisotopic (exact) mass is 394 g/mol. The second-order valence-corrected chi connectivity index (χ2v) is 7.44. The summed E-state index contributed by atoms with van der Waals surface area (Å²) in [6.07, 6.45) is 1.58. The van der Waals surface area contributed by atoms with E-state index in [9.17, 15) is 9.90 Å². The van der Waals surface area contributed by atoms with E-state index in [0.717, 1.165) is 53.4 Å². The first-order chi connectivity index (χ1) is 14.0. The molecule has 29 heavy (non-hydrogen) atoms. The number of aliphatic imine (C=N–C) groups is 1. The quantitative estimate of drug-likeness (QED) is 0.518. The number of aryl methyl sites for hydroxylation is 2. The van der Waals surface area contributed by atoms with E-state index in [4.69, 9.17) is 0 Å². The Morgan fingerprint density at radius 2 is 1.79 bits per heavy atom. The zero-order valence-electron chi connectivity index (χ0n) is 17.5. The fraction of sp³-hybridized carbons (Fsp3) is 0.391. The van der Waals surface area contributed by atoms with Crippen molar-refractivity contribution in [3.05, 3.63) is 58.7 Å². The molecular weight excluding hydrogens is 364 g/mol. The number of benzene rings is 2. The SMILES string of the molecule is CCNC(=NCc1cc(C)c(O)c(C)c1)NCc1ccc(N2CCCC2=O)cc1. The highest BCUT2D eigenvalue weighted by atomic mass is 16.3. The van der Waals surface area contributed by atoms with Crippen LogP contribution in [0.15, 0.2) is 41.4 Å². The molecule has 0 aromatic heterocycles. The fourth-order valence-electron chi connectivity index (χ4n) is 3.55. The summed E-state index contributed by atoms with van der Waals surface area (Å²) < 4.78 is 0. The summed E-state index contributed by atoms with van der Waals surface area (Å²) >= 11 is 0. The number of carbonyl (C=O) groups excluding carboxylic acids is 1. The maximum Gasteiger partial charge on any atom is 0.227 e. The lowest BCUT2D eigenvalue weighted by Crippen LogP contribution is -2.36. The Morgan fingerprint density at radius 3 is 2.38 bits per heavy atom. The molecule has 0 bridgehead atoms. The van der Waals surface area contributed by atoms with Crippen molar-refractivity contribution >= 4 is 17.6 Å². The molecule has 2 aromatic rings. The van der Waals surface area contributed by atoms with Gasteiger partial charge < -0.3 is 20.6 Å². The highest BCUT2D eigenvalue weighted by Crippen LogP contribution is 2.23. The van der Waals surface area contributed by atoms with E-state index < -0.39 is 0 Å². The third kappa shape index (κ3) is 5.28. The summed E-state index contributed by atoms with van der Waals surface area (Å²) in [5, 5.41) is 16.5. The molecule has 1 saturated heterocycles. The van der Waals surface area contributed by atoms with Gasteiger partial charge in [0.15, 0.2) is 5.96 Å². The van der Waals surface area contributed by atoms with Crippen LogP contribution in [0.25, 0.3) is 0 Å². The van der Waals surface area contributed by atoms with Gasteiger partial charge in [-0.1, -0.05) is 24.3 Å². The summed E-state index contributed by atoms with van der Waals surface area (Å²) in [5.41, 5.74) is 4.89. The molecule has 1 amide bonds. The summed E-state index contributed by atoms with van der Waals surface area (Å²) in [4.78, 5) is 18.4. The van der Waals surface area contributed by atoms with E-state index in [-0.39, 0.29) is 5.91 Å². The van der Waals surface area contributed by atoms with Crippen molar-refractivity contribution in [2.45, 2.75) is 46.7 Å². The molecule has 0 atom stereocenters. The van der Waals surface area contributed by atoms with E-state index in [1.807, 2.05) is 62.1 Å². The molecule has 6 heteroatoms. The molecule has 0 radical (unpaired) electrons. The minimum Gasteiger partial charge on any atom is -0.507 e. The molecule has 0 unspecified atom stereocenters. The largest absolute Gasteiger partial charge is 0.507 e. The number of guanidine groups is 1. The number of hydrogen-bond acceptors (Lipinski definition) is 3. The number of anilines is 1. The normalized spacial score (nSPS) is 14.4.